The minimum absolute atomic E-state index is 0.133. The molecule has 1 aliphatic rings. The van der Waals surface area contributed by atoms with Crippen molar-refractivity contribution in [2.75, 3.05) is 12.3 Å². The number of benzene rings is 1. The molecule has 0 saturated carbocycles. The van der Waals surface area contributed by atoms with Crippen molar-refractivity contribution >= 4 is 10.0 Å². The van der Waals surface area contributed by atoms with Crippen LogP contribution in [-0.2, 0) is 16.6 Å². The largest absolute Gasteiger partial charge is 0.313 e. The molecular formula is C11H16N2O2S. The molecule has 0 amide bonds. The van der Waals surface area contributed by atoms with Crippen molar-refractivity contribution in [2.24, 2.45) is 0 Å². The number of hydrogen-bond acceptors (Lipinski definition) is 3. The van der Waals surface area contributed by atoms with Gasteiger partial charge in [0.15, 0.2) is 0 Å². The summed E-state index contributed by atoms with van der Waals surface area (Å²) in [5.41, 5.74) is 0.979. The molecule has 1 aromatic carbocycles. The first-order chi connectivity index (χ1) is 7.66. The fraction of sp³-hybridized carbons (Fsp3) is 0.455. The standard InChI is InChI=1S/C11H16N2O2S/c14-16(15,9-11-6-7-12-11)13-8-10-4-2-1-3-5-10/h1-5,11-13H,6-9H2. The minimum atomic E-state index is -3.15. The van der Waals surface area contributed by atoms with Crippen LogP contribution < -0.4 is 10.0 Å². The second kappa shape index (κ2) is 4.95. The van der Waals surface area contributed by atoms with Crippen LogP contribution in [0.15, 0.2) is 30.3 Å². The smallest absolute Gasteiger partial charge is 0.213 e. The van der Waals surface area contributed by atoms with Crippen molar-refractivity contribution in [3.63, 3.8) is 0 Å². The molecule has 1 heterocycles. The zero-order chi connectivity index (χ0) is 11.4. The number of nitrogens with one attached hydrogen (secondary N) is 2. The Labute approximate surface area is 96.1 Å². The third kappa shape index (κ3) is 3.30. The second-order valence-electron chi connectivity index (χ2n) is 4.03. The van der Waals surface area contributed by atoms with Crippen molar-refractivity contribution in [2.45, 2.75) is 19.0 Å². The average Bonchev–Trinajstić information content (AvgIpc) is 2.23. The molecule has 1 saturated heterocycles. The van der Waals surface area contributed by atoms with Gasteiger partial charge in [-0.2, -0.15) is 0 Å². The van der Waals surface area contributed by atoms with Crippen LogP contribution in [0.4, 0.5) is 0 Å². The van der Waals surface area contributed by atoms with E-state index in [0.717, 1.165) is 18.5 Å². The van der Waals surface area contributed by atoms with E-state index in [9.17, 15) is 8.42 Å². The molecule has 0 radical (unpaired) electrons. The molecule has 1 atom stereocenters. The summed E-state index contributed by atoms with van der Waals surface area (Å²) >= 11 is 0. The highest BCUT2D eigenvalue weighted by molar-refractivity contribution is 7.89. The van der Waals surface area contributed by atoms with Gasteiger partial charge in [-0.15, -0.1) is 0 Å². The molecule has 2 N–H and O–H groups in total. The maximum absolute atomic E-state index is 11.7. The Hall–Kier alpha value is -0.910. The first-order valence-corrected chi connectivity index (χ1v) is 7.05. The van der Waals surface area contributed by atoms with Crippen LogP contribution in [0.5, 0.6) is 0 Å². The zero-order valence-electron chi connectivity index (χ0n) is 9.02. The third-order valence-corrected chi connectivity index (χ3v) is 4.11. The summed E-state index contributed by atoms with van der Waals surface area (Å²) in [5.74, 6) is 0.180. The Morgan fingerprint density at radius 2 is 2.00 bits per heavy atom. The minimum Gasteiger partial charge on any atom is -0.313 e. The molecule has 0 aliphatic carbocycles. The maximum atomic E-state index is 11.7. The lowest BCUT2D eigenvalue weighted by molar-refractivity contribution is 0.397. The van der Waals surface area contributed by atoms with Crippen LogP contribution in [0, 0.1) is 0 Å². The molecule has 2 rings (SSSR count). The summed E-state index contributed by atoms with van der Waals surface area (Å²) in [5, 5.41) is 3.08. The highest BCUT2D eigenvalue weighted by atomic mass is 32.2. The Morgan fingerprint density at radius 1 is 1.31 bits per heavy atom. The van der Waals surface area contributed by atoms with Crippen LogP contribution in [0.2, 0.25) is 0 Å². The van der Waals surface area contributed by atoms with Gasteiger partial charge in [-0.3, -0.25) is 0 Å². The van der Waals surface area contributed by atoms with Gasteiger partial charge in [0.25, 0.3) is 0 Å². The van der Waals surface area contributed by atoms with Crippen molar-refractivity contribution in [1.82, 2.24) is 10.0 Å². The van der Waals surface area contributed by atoms with Crippen LogP contribution in [0.3, 0.4) is 0 Å². The van der Waals surface area contributed by atoms with Crippen molar-refractivity contribution in [3.8, 4) is 0 Å². The molecular weight excluding hydrogens is 224 g/mol. The highest BCUT2D eigenvalue weighted by Gasteiger charge is 2.23. The second-order valence-corrected chi connectivity index (χ2v) is 5.88. The Morgan fingerprint density at radius 3 is 2.56 bits per heavy atom. The molecule has 1 aromatic rings. The molecule has 1 fully saturated rings. The van der Waals surface area contributed by atoms with Gasteiger partial charge in [0.1, 0.15) is 0 Å². The molecule has 4 nitrogen and oxygen atoms in total. The van der Waals surface area contributed by atoms with Crippen molar-refractivity contribution in [1.29, 1.82) is 0 Å². The summed E-state index contributed by atoms with van der Waals surface area (Å²) < 4.78 is 25.9. The zero-order valence-corrected chi connectivity index (χ0v) is 9.83. The molecule has 16 heavy (non-hydrogen) atoms. The quantitative estimate of drug-likeness (QED) is 0.786. The van der Waals surface area contributed by atoms with Crippen LogP contribution in [0.1, 0.15) is 12.0 Å². The van der Waals surface area contributed by atoms with Gasteiger partial charge >= 0.3 is 0 Å². The normalized spacial score (nSPS) is 20.4. The summed E-state index contributed by atoms with van der Waals surface area (Å²) in [4.78, 5) is 0. The summed E-state index contributed by atoms with van der Waals surface area (Å²) in [6, 6.07) is 9.66. The van der Waals surface area contributed by atoms with Gasteiger partial charge in [0.05, 0.1) is 5.75 Å². The van der Waals surface area contributed by atoms with Gasteiger partial charge in [-0.1, -0.05) is 30.3 Å². The fourth-order valence-corrected chi connectivity index (χ4v) is 2.92. The lowest BCUT2D eigenvalue weighted by atomic mass is 10.1. The molecule has 0 spiro atoms. The summed E-state index contributed by atoms with van der Waals surface area (Å²) in [7, 11) is -3.15. The number of sulfonamides is 1. The molecule has 0 aromatic heterocycles. The van der Waals surface area contributed by atoms with E-state index >= 15 is 0 Å². The molecule has 5 heteroatoms. The first kappa shape index (κ1) is 11.6. The summed E-state index contributed by atoms with van der Waals surface area (Å²) in [6.45, 7) is 1.30. The molecule has 0 bridgehead atoms. The summed E-state index contributed by atoms with van der Waals surface area (Å²) in [6.07, 6.45) is 0.951. The van der Waals surface area contributed by atoms with E-state index in [-0.39, 0.29) is 11.8 Å². The van der Waals surface area contributed by atoms with Crippen LogP contribution >= 0.6 is 0 Å². The van der Waals surface area contributed by atoms with Gasteiger partial charge in [-0.25, -0.2) is 13.1 Å². The number of hydrogen-bond donors (Lipinski definition) is 2. The van der Waals surface area contributed by atoms with Crippen LogP contribution in [0.25, 0.3) is 0 Å². The van der Waals surface area contributed by atoms with E-state index in [1.54, 1.807) is 0 Å². The first-order valence-electron chi connectivity index (χ1n) is 5.40. The van der Waals surface area contributed by atoms with E-state index in [1.165, 1.54) is 0 Å². The van der Waals surface area contributed by atoms with Gasteiger partial charge in [0.2, 0.25) is 10.0 Å². The predicted octanol–water partition coefficient (Wildman–Crippen LogP) is 0.468. The fourth-order valence-electron chi connectivity index (χ4n) is 1.60. The molecule has 88 valence electrons. The highest BCUT2D eigenvalue weighted by Crippen LogP contribution is 2.05. The predicted molar refractivity (Wildman–Crippen MR) is 63.5 cm³/mol. The van der Waals surface area contributed by atoms with E-state index < -0.39 is 10.0 Å². The Balaban J connectivity index is 1.84. The monoisotopic (exact) mass is 240 g/mol. The van der Waals surface area contributed by atoms with Gasteiger partial charge in [-0.05, 0) is 18.5 Å². The van der Waals surface area contributed by atoms with Gasteiger partial charge in [0, 0.05) is 12.6 Å². The lowest BCUT2D eigenvalue weighted by Crippen LogP contribution is -2.49. The van der Waals surface area contributed by atoms with E-state index in [2.05, 4.69) is 10.0 Å². The number of rotatable bonds is 5. The van der Waals surface area contributed by atoms with E-state index in [1.807, 2.05) is 30.3 Å². The topological polar surface area (TPSA) is 58.2 Å². The average molecular weight is 240 g/mol. The van der Waals surface area contributed by atoms with Crippen molar-refractivity contribution in [3.05, 3.63) is 35.9 Å². The van der Waals surface area contributed by atoms with Gasteiger partial charge < -0.3 is 5.32 Å². The Bertz CT molecular complexity index is 427. The van der Waals surface area contributed by atoms with E-state index in [4.69, 9.17) is 0 Å². The van der Waals surface area contributed by atoms with Crippen LogP contribution in [-0.4, -0.2) is 26.8 Å². The molecule has 1 aliphatic heterocycles. The van der Waals surface area contributed by atoms with Crippen molar-refractivity contribution < 1.29 is 8.42 Å². The lowest BCUT2D eigenvalue weighted by Gasteiger charge is -2.27. The molecule has 1 unspecified atom stereocenters. The Kier molecular flexibility index (Phi) is 3.58. The van der Waals surface area contributed by atoms with E-state index in [0.29, 0.717) is 6.54 Å². The third-order valence-electron chi connectivity index (χ3n) is 2.69. The maximum Gasteiger partial charge on any atom is 0.213 e. The SMILES string of the molecule is O=S(=O)(CC1CCN1)NCc1ccccc1.